The molecule has 0 aliphatic carbocycles. The first-order valence-corrected chi connectivity index (χ1v) is 3.22. The first-order chi connectivity index (χ1) is 4.75. The van der Waals surface area contributed by atoms with Crippen molar-refractivity contribution in [1.82, 2.24) is 0 Å². The van der Waals surface area contributed by atoms with Crippen LogP contribution in [0, 0.1) is 25.2 Å². The van der Waals surface area contributed by atoms with Crippen LogP contribution in [0.15, 0.2) is 18.2 Å². The number of hydrogen-bond donors (Lipinski definition) is 0. The maximum atomic E-state index is 8.59. The number of halogens is 1. The van der Waals surface area contributed by atoms with E-state index in [-0.39, 0.29) is 12.4 Å². The summed E-state index contributed by atoms with van der Waals surface area (Å²) in [6.07, 6.45) is 0. The number of hydrogen-bond acceptors (Lipinski definition) is 1. The lowest BCUT2D eigenvalue weighted by molar-refractivity contribution is 1.31. The summed E-state index contributed by atoms with van der Waals surface area (Å²) >= 11 is 0. The standard InChI is InChI=1S/C9H9N.ClH/c1-7-4-3-5-9(6-10)8(7)2;/h3-5H,1-2H3;1H. The molecule has 1 aromatic carbocycles. The van der Waals surface area contributed by atoms with Gasteiger partial charge < -0.3 is 0 Å². The minimum absolute atomic E-state index is 0. The molecule has 0 aliphatic heterocycles. The van der Waals surface area contributed by atoms with E-state index in [1.165, 1.54) is 5.56 Å². The van der Waals surface area contributed by atoms with Gasteiger partial charge in [0.1, 0.15) is 0 Å². The normalized spacial score (nSPS) is 8.09. The van der Waals surface area contributed by atoms with Gasteiger partial charge in [0, 0.05) is 0 Å². The Morgan fingerprint density at radius 3 is 2.36 bits per heavy atom. The van der Waals surface area contributed by atoms with Crippen molar-refractivity contribution in [3.63, 3.8) is 0 Å². The highest BCUT2D eigenvalue weighted by Gasteiger charge is 1.96. The predicted octanol–water partition coefficient (Wildman–Crippen LogP) is 2.60. The molecule has 1 aromatic rings. The van der Waals surface area contributed by atoms with Gasteiger partial charge in [0.2, 0.25) is 0 Å². The molecule has 0 saturated carbocycles. The van der Waals surface area contributed by atoms with E-state index in [0.717, 1.165) is 11.1 Å². The number of benzene rings is 1. The molecule has 0 aliphatic rings. The number of nitrogens with zero attached hydrogens (tertiary/aromatic N) is 1. The fraction of sp³-hybridized carbons (Fsp3) is 0.222. The first kappa shape index (κ1) is 10.0. The van der Waals surface area contributed by atoms with Crippen molar-refractivity contribution in [1.29, 1.82) is 5.26 Å². The van der Waals surface area contributed by atoms with Gasteiger partial charge >= 0.3 is 0 Å². The van der Waals surface area contributed by atoms with Crippen LogP contribution >= 0.6 is 12.4 Å². The van der Waals surface area contributed by atoms with Gasteiger partial charge in [-0.05, 0) is 31.0 Å². The summed E-state index contributed by atoms with van der Waals surface area (Å²) in [5.74, 6) is 0. The zero-order chi connectivity index (χ0) is 7.56. The van der Waals surface area contributed by atoms with Gasteiger partial charge in [-0.15, -0.1) is 12.4 Å². The fourth-order valence-corrected chi connectivity index (χ4v) is 0.872. The molecule has 0 aromatic heterocycles. The van der Waals surface area contributed by atoms with Crippen molar-refractivity contribution in [2.24, 2.45) is 0 Å². The highest BCUT2D eigenvalue weighted by atomic mass is 35.5. The minimum atomic E-state index is 0. The van der Waals surface area contributed by atoms with E-state index < -0.39 is 0 Å². The number of nitriles is 1. The van der Waals surface area contributed by atoms with Crippen LogP contribution in [0.1, 0.15) is 16.7 Å². The van der Waals surface area contributed by atoms with Crippen LogP contribution in [0.5, 0.6) is 0 Å². The van der Waals surface area contributed by atoms with E-state index in [9.17, 15) is 0 Å². The Kier molecular flexibility index (Phi) is 3.64. The van der Waals surface area contributed by atoms with Crippen LogP contribution in [0.2, 0.25) is 0 Å². The Hall–Kier alpha value is -1.00. The topological polar surface area (TPSA) is 23.8 Å². The SMILES string of the molecule is Cc1cccc(C#N)c1C.Cl. The molecule has 0 amide bonds. The van der Waals surface area contributed by atoms with Gasteiger partial charge in [-0.2, -0.15) is 5.26 Å². The van der Waals surface area contributed by atoms with Crippen molar-refractivity contribution in [3.05, 3.63) is 34.9 Å². The fourth-order valence-electron chi connectivity index (χ4n) is 0.872. The molecule has 0 heterocycles. The monoisotopic (exact) mass is 167 g/mol. The molecule has 0 fully saturated rings. The summed E-state index contributed by atoms with van der Waals surface area (Å²) in [4.78, 5) is 0. The molecule has 0 bridgehead atoms. The van der Waals surface area contributed by atoms with Crippen LogP contribution in [0.4, 0.5) is 0 Å². The molecule has 0 radical (unpaired) electrons. The second-order valence-electron chi connectivity index (χ2n) is 2.36. The van der Waals surface area contributed by atoms with Gasteiger partial charge in [-0.3, -0.25) is 0 Å². The second kappa shape index (κ2) is 4.00. The van der Waals surface area contributed by atoms with Gasteiger partial charge in [0.15, 0.2) is 0 Å². The largest absolute Gasteiger partial charge is 0.192 e. The third-order valence-corrected chi connectivity index (χ3v) is 1.73. The second-order valence-corrected chi connectivity index (χ2v) is 2.36. The number of rotatable bonds is 0. The molecular weight excluding hydrogens is 158 g/mol. The highest BCUT2D eigenvalue weighted by molar-refractivity contribution is 5.85. The molecule has 2 heteroatoms. The molecule has 11 heavy (non-hydrogen) atoms. The molecule has 0 unspecified atom stereocenters. The lowest BCUT2D eigenvalue weighted by Gasteiger charge is -1.98. The summed E-state index contributed by atoms with van der Waals surface area (Å²) in [6.45, 7) is 3.98. The summed E-state index contributed by atoms with van der Waals surface area (Å²) in [6, 6.07) is 7.89. The van der Waals surface area contributed by atoms with Crippen LogP contribution in [-0.2, 0) is 0 Å². The van der Waals surface area contributed by atoms with Gasteiger partial charge in [-0.25, -0.2) is 0 Å². The molecule has 0 spiro atoms. The van der Waals surface area contributed by atoms with Crippen LogP contribution in [0.25, 0.3) is 0 Å². The smallest absolute Gasteiger partial charge is 0.0994 e. The summed E-state index contributed by atoms with van der Waals surface area (Å²) in [5, 5.41) is 8.59. The maximum absolute atomic E-state index is 8.59. The lowest BCUT2D eigenvalue weighted by atomic mass is 10.1. The van der Waals surface area contributed by atoms with Gasteiger partial charge in [0.25, 0.3) is 0 Å². The summed E-state index contributed by atoms with van der Waals surface area (Å²) < 4.78 is 0. The van der Waals surface area contributed by atoms with Crippen molar-refractivity contribution < 1.29 is 0 Å². The van der Waals surface area contributed by atoms with Crippen molar-refractivity contribution in [3.8, 4) is 6.07 Å². The third-order valence-electron chi connectivity index (χ3n) is 1.73. The maximum Gasteiger partial charge on any atom is 0.0994 e. The first-order valence-electron chi connectivity index (χ1n) is 3.22. The van der Waals surface area contributed by atoms with E-state index in [1.54, 1.807) is 0 Å². The Morgan fingerprint density at radius 1 is 1.27 bits per heavy atom. The van der Waals surface area contributed by atoms with E-state index in [1.807, 2.05) is 32.0 Å². The average molecular weight is 168 g/mol. The molecular formula is C9H10ClN. The van der Waals surface area contributed by atoms with E-state index in [0.29, 0.717) is 0 Å². The van der Waals surface area contributed by atoms with Crippen molar-refractivity contribution >= 4 is 12.4 Å². The number of aryl methyl sites for hydroxylation is 1. The third kappa shape index (κ3) is 1.96. The zero-order valence-corrected chi connectivity index (χ0v) is 7.40. The molecule has 0 N–H and O–H groups in total. The van der Waals surface area contributed by atoms with E-state index in [2.05, 4.69) is 6.07 Å². The molecule has 1 rings (SSSR count). The Bertz CT molecular complexity index is 286. The van der Waals surface area contributed by atoms with Crippen LogP contribution < -0.4 is 0 Å². The molecule has 0 saturated heterocycles. The highest BCUT2D eigenvalue weighted by Crippen LogP contribution is 2.10. The van der Waals surface area contributed by atoms with Crippen molar-refractivity contribution in [2.45, 2.75) is 13.8 Å². The zero-order valence-electron chi connectivity index (χ0n) is 6.59. The Balaban J connectivity index is 0.000001000. The molecule has 0 atom stereocenters. The Labute approximate surface area is 73.1 Å². The predicted molar refractivity (Wildman–Crippen MR) is 47.9 cm³/mol. The Morgan fingerprint density at radius 2 is 1.91 bits per heavy atom. The minimum Gasteiger partial charge on any atom is -0.192 e. The lowest BCUT2D eigenvalue weighted by Crippen LogP contribution is -1.84. The van der Waals surface area contributed by atoms with Crippen molar-refractivity contribution in [2.75, 3.05) is 0 Å². The molecule has 58 valence electrons. The van der Waals surface area contributed by atoms with E-state index in [4.69, 9.17) is 5.26 Å². The molecule has 1 nitrogen and oxygen atoms in total. The van der Waals surface area contributed by atoms with Crippen LogP contribution in [-0.4, -0.2) is 0 Å². The quantitative estimate of drug-likeness (QED) is 0.583. The van der Waals surface area contributed by atoms with Gasteiger partial charge in [-0.1, -0.05) is 12.1 Å². The average Bonchev–Trinajstić information content (AvgIpc) is 1.95. The summed E-state index contributed by atoms with van der Waals surface area (Å²) in [5.41, 5.74) is 3.05. The summed E-state index contributed by atoms with van der Waals surface area (Å²) in [7, 11) is 0. The van der Waals surface area contributed by atoms with Gasteiger partial charge in [0.05, 0.1) is 11.6 Å². The van der Waals surface area contributed by atoms with Crippen LogP contribution in [0.3, 0.4) is 0 Å². The van der Waals surface area contributed by atoms with E-state index >= 15 is 0 Å².